The molecule has 1 aromatic heterocycles. The number of benzene rings is 1. The average Bonchev–Trinajstić information content (AvgIpc) is 2.90. The second kappa shape index (κ2) is 7.16. The van der Waals surface area contributed by atoms with Crippen LogP contribution in [0, 0.1) is 12.3 Å². The van der Waals surface area contributed by atoms with E-state index in [2.05, 4.69) is 53.8 Å². The van der Waals surface area contributed by atoms with Crippen LogP contribution in [0.3, 0.4) is 0 Å². The highest BCUT2D eigenvalue weighted by Gasteiger charge is 2.29. The van der Waals surface area contributed by atoms with Crippen LogP contribution in [0.1, 0.15) is 36.0 Å². The highest BCUT2D eigenvalue weighted by molar-refractivity contribution is 7.09. The van der Waals surface area contributed by atoms with Gasteiger partial charge in [0.1, 0.15) is 5.01 Å². The lowest BCUT2D eigenvalue weighted by Gasteiger charge is -2.33. The van der Waals surface area contributed by atoms with Crippen LogP contribution < -0.4 is 5.32 Å². The molecule has 0 saturated carbocycles. The number of hydrogen-bond donors (Lipinski definition) is 2. The summed E-state index contributed by atoms with van der Waals surface area (Å²) < 4.78 is 0. The standard InChI is InChI=1S/C17H24N2OS/c1-13-11-21-16(19-13)10-18-9-15(17(2,3)12-20)14-7-5-4-6-8-14/h4-8,11,15,18,20H,9-10,12H2,1-3H3. The summed E-state index contributed by atoms with van der Waals surface area (Å²) in [6.45, 7) is 8.02. The van der Waals surface area contributed by atoms with Gasteiger partial charge in [0.25, 0.3) is 0 Å². The number of thiazole rings is 1. The van der Waals surface area contributed by atoms with Crippen LogP contribution in [0.5, 0.6) is 0 Å². The highest BCUT2D eigenvalue weighted by Crippen LogP contribution is 2.34. The Hall–Kier alpha value is -1.23. The van der Waals surface area contributed by atoms with Crippen molar-refractivity contribution in [2.45, 2.75) is 33.2 Å². The van der Waals surface area contributed by atoms with E-state index in [-0.39, 0.29) is 17.9 Å². The monoisotopic (exact) mass is 304 g/mol. The summed E-state index contributed by atoms with van der Waals surface area (Å²) in [4.78, 5) is 4.47. The van der Waals surface area contributed by atoms with E-state index in [4.69, 9.17) is 0 Å². The van der Waals surface area contributed by atoms with E-state index < -0.39 is 0 Å². The van der Waals surface area contributed by atoms with Crippen LogP contribution in [-0.2, 0) is 6.54 Å². The van der Waals surface area contributed by atoms with Crippen molar-refractivity contribution < 1.29 is 5.11 Å². The fraction of sp³-hybridized carbons (Fsp3) is 0.471. The van der Waals surface area contributed by atoms with Crippen molar-refractivity contribution in [1.29, 1.82) is 0 Å². The summed E-state index contributed by atoms with van der Waals surface area (Å²) in [5.41, 5.74) is 2.18. The molecule has 1 aromatic carbocycles. The molecule has 0 amide bonds. The topological polar surface area (TPSA) is 45.1 Å². The van der Waals surface area contributed by atoms with Gasteiger partial charge in [0.2, 0.25) is 0 Å². The molecule has 4 heteroatoms. The minimum Gasteiger partial charge on any atom is -0.396 e. The Morgan fingerprint density at radius 1 is 1.29 bits per heavy atom. The third-order valence-electron chi connectivity index (χ3n) is 3.84. The molecule has 1 heterocycles. The molecule has 0 aliphatic heterocycles. The number of aliphatic hydroxyl groups excluding tert-OH is 1. The molecule has 0 aliphatic carbocycles. The van der Waals surface area contributed by atoms with Gasteiger partial charge in [-0.3, -0.25) is 0 Å². The van der Waals surface area contributed by atoms with Crippen LogP contribution in [-0.4, -0.2) is 23.2 Å². The van der Waals surface area contributed by atoms with Gasteiger partial charge in [-0.2, -0.15) is 0 Å². The molecule has 2 rings (SSSR count). The number of rotatable bonds is 7. The molecule has 3 nitrogen and oxygen atoms in total. The van der Waals surface area contributed by atoms with Crippen molar-refractivity contribution in [2.24, 2.45) is 5.41 Å². The Balaban J connectivity index is 2.03. The van der Waals surface area contributed by atoms with Crippen LogP contribution in [0.2, 0.25) is 0 Å². The highest BCUT2D eigenvalue weighted by atomic mass is 32.1. The number of hydrogen-bond acceptors (Lipinski definition) is 4. The van der Waals surface area contributed by atoms with Gasteiger partial charge in [-0.1, -0.05) is 44.2 Å². The zero-order valence-corrected chi connectivity index (χ0v) is 13.8. The summed E-state index contributed by atoms with van der Waals surface area (Å²) in [5.74, 6) is 0.268. The SMILES string of the molecule is Cc1csc(CNCC(c2ccccc2)C(C)(C)CO)n1. The van der Waals surface area contributed by atoms with Crippen LogP contribution in [0.15, 0.2) is 35.7 Å². The smallest absolute Gasteiger partial charge is 0.107 e. The number of aryl methyl sites for hydroxylation is 1. The van der Waals surface area contributed by atoms with Gasteiger partial charge in [0.05, 0.1) is 0 Å². The Kier molecular flexibility index (Phi) is 5.51. The first-order valence-electron chi connectivity index (χ1n) is 7.30. The zero-order valence-electron chi connectivity index (χ0n) is 13.0. The van der Waals surface area contributed by atoms with Gasteiger partial charge < -0.3 is 10.4 Å². The molecule has 0 radical (unpaired) electrons. The van der Waals surface area contributed by atoms with E-state index in [0.717, 1.165) is 23.8 Å². The molecule has 0 aliphatic rings. The van der Waals surface area contributed by atoms with E-state index in [1.165, 1.54) is 5.56 Å². The predicted octanol–water partition coefficient (Wildman–Crippen LogP) is 3.34. The Morgan fingerprint density at radius 3 is 2.57 bits per heavy atom. The Bertz CT molecular complexity index is 551. The number of nitrogens with zero attached hydrogens (tertiary/aromatic N) is 1. The third-order valence-corrected chi connectivity index (χ3v) is 4.81. The van der Waals surface area contributed by atoms with Gasteiger partial charge in [-0.05, 0) is 17.9 Å². The molecular weight excluding hydrogens is 280 g/mol. The second-order valence-electron chi connectivity index (χ2n) is 6.12. The normalized spacial score (nSPS) is 13.3. The summed E-state index contributed by atoms with van der Waals surface area (Å²) in [6.07, 6.45) is 0. The molecule has 0 bridgehead atoms. The first-order chi connectivity index (χ1) is 10.0. The summed E-state index contributed by atoms with van der Waals surface area (Å²) >= 11 is 1.69. The maximum Gasteiger partial charge on any atom is 0.107 e. The van der Waals surface area contributed by atoms with E-state index in [1.54, 1.807) is 11.3 Å². The lowest BCUT2D eigenvalue weighted by Crippen LogP contribution is -2.34. The number of nitrogens with one attached hydrogen (secondary N) is 1. The zero-order chi connectivity index (χ0) is 15.3. The van der Waals surface area contributed by atoms with E-state index in [9.17, 15) is 5.11 Å². The Labute approximate surface area is 131 Å². The first-order valence-corrected chi connectivity index (χ1v) is 8.18. The van der Waals surface area contributed by atoms with Gasteiger partial charge in [0.15, 0.2) is 0 Å². The molecule has 21 heavy (non-hydrogen) atoms. The number of aliphatic hydroxyl groups is 1. The van der Waals surface area contributed by atoms with Crippen LogP contribution >= 0.6 is 11.3 Å². The van der Waals surface area contributed by atoms with Crippen molar-refractivity contribution in [3.8, 4) is 0 Å². The van der Waals surface area contributed by atoms with Crippen molar-refractivity contribution in [1.82, 2.24) is 10.3 Å². The van der Waals surface area contributed by atoms with E-state index >= 15 is 0 Å². The Morgan fingerprint density at radius 2 is 2.00 bits per heavy atom. The summed E-state index contributed by atoms with van der Waals surface area (Å²) in [7, 11) is 0. The fourth-order valence-corrected chi connectivity index (χ4v) is 3.19. The molecule has 0 spiro atoms. The largest absolute Gasteiger partial charge is 0.396 e. The van der Waals surface area contributed by atoms with Crippen molar-refractivity contribution in [3.63, 3.8) is 0 Å². The average molecular weight is 304 g/mol. The minimum absolute atomic E-state index is 0.160. The lowest BCUT2D eigenvalue weighted by atomic mass is 9.75. The summed E-state index contributed by atoms with van der Waals surface area (Å²) in [6, 6.07) is 10.4. The molecule has 1 atom stereocenters. The van der Waals surface area contributed by atoms with Crippen LogP contribution in [0.4, 0.5) is 0 Å². The van der Waals surface area contributed by atoms with Crippen molar-refractivity contribution in [3.05, 3.63) is 52.0 Å². The van der Waals surface area contributed by atoms with Gasteiger partial charge in [-0.15, -0.1) is 11.3 Å². The first kappa shape index (κ1) is 16.1. The predicted molar refractivity (Wildman–Crippen MR) is 88.6 cm³/mol. The molecule has 1 unspecified atom stereocenters. The molecule has 2 aromatic rings. The fourth-order valence-electron chi connectivity index (χ4n) is 2.45. The maximum atomic E-state index is 9.71. The molecule has 2 N–H and O–H groups in total. The number of aromatic nitrogens is 1. The lowest BCUT2D eigenvalue weighted by molar-refractivity contribution is 0.129. The van der Waals surface area contributed by atoms with Crippen molar-refractivity contribution >= 4 is 11.3 Å². The van der Waals surface area contributed by atoms with E-state index in [1.807, 2.05) is 13.0 Å². The molecular formula is C17H24N2OS. The second-order valence-corrected chi connectivity index (χ2v) is 7.07. The van der Waals surface area contributed by atoms with E-state index in [0.29, 0.717) is 0 Å². The van der Waals surface area contributed by atoms with Gasteiger partial charge >= 0.3 is 0 Å². The van der Waals surface area contributed by atoms with Crippen molar-refractivity contribution in [2.75, 3.05) is 13.2 Å². The maximum absolute atomic E-state index is 9.71. The van der Waals surface area contributed by atoms with Gasteiger partial charge in [0, 0.05) is 36.7 Å². The molecule has 0 saturated heterocycles. The molecule has 114 valence electrons. The minimum atomic E-state index is -0.160. The summed E-state index contributed by atoms with van der Waals surface area (Å²) in [5, 5.41) is 16.4. The van der Waals surface area contributed by atoms with Gasteiger partial charge in [-0.25, -0.2) is 4.98 Å². The molecule has 0 fully saturated rings. The van der Waals surface area contributed by atoms with Crippen LogP contribution in [0.25, 0.3) is 0 Å². The quantitative estimate of drug-likeness (QED) is 0.824. The third kappa shape index (κ3) is 4.37.